The van der Waals surface area contributed by atoms with Crippen molar-refractivity contribution < 1.29 is 39.2 Å². The Bertz CT molecular complexity index is 1450. The summed E-state index contributed by atoms with van der Waals surface area (Å²) < 4.78 is 5.16. The lowest BCUT2D eigenvalue weighted by atomic mass is 9.57. The van der Waals surface area contributed by atoms with Gasteiger partial charge in [-0.15, -0.1) is 0 Å². The van der Waals surface area contributed by atoms with Gasteiger partial charge in [-0.3, -0.25) is 19.3 Å². The minimum atomic E-state index is -2.67. The van der Waals surface area contributed by atoms with Crippen molar-refractivity contribution >= 4 is 28.9 Å². The summed E-state index contributed by atoms with van der Waals surface area (Å²) in [4.78, 5) is 42.6. The van der Waals surface area contributed by atoms with E-state index in [1.807, 2.05) is 19.0 Å². The third kappa shape index (κ3) is 3.25. The fraction of sp³-hybridized carbons (Fsp3) is 0.370. The number of nitrogens with zero attached hydrogens (tertiary/aromatic N) is 2. The summed E-state index contributed by atoms with van der Waals surface area (Å²) in [6.07, 6.45) is 3.11. The second-order valence-corrected chi connectivity index (χ2v) is 10.5. The first-order chi connectivity index (χ1) is 17.8. The number of likely N-dealkylation sites (N-methyl/N-ethyl adjacent to an activating group) is 1. The molecule has 6 N–H and O–H groups in total. The van der Waals surface area contributed by atoms with Crippen LogP contribution >= 0.6 is 0 Å². The number of phenols is 1. The van der Waals surface area contributed by atoms with Crippen molar-refractivity contribution in [3.8, 4) is 16.9 Å². The Morgan fingerprint density at radius 1 is 1.16 bits per heavy atom. The Balaban J connectivity index is 1.78. The first kappa shape index (κ1) is 25.6. The van der Waals surface area contributed by atoms with Crippen molar-refractivity contribution in [1.82, 2.24) is 4.90 Å². The van der Waals surface area contributed by atoms with E-state index in [2.05, 4.69) is 0 Å². The lowest BCUT2D eigenvalue weighted by molar-refractivity contribution is -0.153. The molecule has 11 nitrogen and oxygen atoms in total. The SMILES string of the molecule is CN(C)c1cc(-c2ccoc2)c(O)c2c1C[C@@H]1C[C@@H]3[C@@H](N(C)C)C(=O)C(C(N)=O)=C(O)[C@]3(O)C(=O)C1=C2O. The molecule has 38 heavy (non-hydrogen) atoms. The van der Waals surface area contributed by atoms with E-state index in [1.54, 1.807) is 26.2 Å². The van der Waals surface area contributed by atoms with Crippen molar-refractivity contribution in [2.45, 2.75) is 24.5 Å². The molecule has 11 heteroatoms. The van der Waals surface area contributed by atoms with Crippen LogP contribution in [0.3, 0.4) is 0 Å². The van der Waals surface area contributed by atoms with Crippen LogP contribution < -0.4 is 10.6 Å². The van der Waals surface area contributed by atoms with Gasteiger partial charge in [0.2, 0.25) is 5.78 Å². The topological polar surface area (TPSA) is 178 Å². The normalized spacial score (nSPS) is 26.8. The molecule has 1 amide bonds. The largest absolute Gasteiger partial charge is 0.508 e. The minimum Gasteiger partial charge on any atom is -0.508 e. The maximum atomic E-state index is 14.0. The van der Waals surface area contributed by atoms with E-state index in [0.717, 1.165) is 0 Å². The number of nitrogens with two attached hydrogens (primary N) is 1. The van der Waals surface area contributed by atoms with Crippen LogP contribution in [-0.2, 0) is 20.8 Å². The van der Waals surface area contributed by atoms with Crippen LogP contribution in [0, 0.1) is 11.8 Å². The average molecular weight is 524 g/mol. The molecule has 200 valence electrons. The molecular formula is C27H29N3O8. The number of aliphatic hydroxyl groups excluding tert-OH is 2. The Hall–Kier alpha value is -4.09. The lowest BCUT2D eigenvalue weighted by Crippen LogP contribution is -2.65. The zero-order chi connectivity index (χ0) is 27.8. The van der Waals surface area contributed by atoms with Crippen molar-refractivity contribution in [3.05, 3.63) is 52.7 Å². The van der Waals surface area contributed by atoms with Gasteiger partial charge in [-0.25, -0.2) is 0 Å². The second-order valence-electron chi connectivity index (χ2n) is 10.5. The molecule has 1 aromatic carbocycles. The second kappa shape index (κ2) is 8.47. The molecular weight excluding hydrogens is 494 g/mol. The van der Waals surface area contributed by atoms with Crippen molar-refractivity contribution in [3.63, 3.8) is 0 Å². The summed E-state index contributed by atoms with van der Waals surface area (Å²) in [6.45, 7) is 0. The summed E-state index contributed by atoms with van der Waals surface area (Å²) in [6, 6.07) is 2.28. The average Bonchev–Trinajstić information content (AvgIpc) is 3.35. The number of anilines is 1. The number of phenolic OH excluding ortho intramolecular Hbond substituents is 1. The van der Waals surface area contributed by atoms with E-state index < -0.39 is 58.0 Å². The molecule has 0 saturated heterocycles. The predicted molar refractivity (Wildman–Crippen MR) is 136 cm³/mol. The van der Waals surface area contributed by atoms with Crippen LogP contribution in [0.25, 0.3) is 16.9 Å². The molecule has 1 aromatic heterocycles. The maximum Gasteiger partial charge on any atom is 0.255 e. The van der Waals surface area contributed by atoms with E-state index in [9.17, 15) is 34.8 Å². The smallest absolute Gasteiger partial charge is 0.255 e. The van der Waals surface area contributed by atoms with Crippen molar-refractivity contribution in [2.75, 3.05) is 33.1 Å². The zero-order valence-electron chi connectivity index (χ0n) is 21.3. The van der Waals surface area contributed by atoms with Gasteiger partial charge in [0.25, 0.3) is 5.91 Å². The third-order valence-electron chi connectivity index (χ3n) is 8.01. The van der Waals surface area contributed by atoms with Crippen LogP contribution in [0.4, 0.5) is 5.69 Å². The molecule has 4 atom stereocenters. The standard InChI is InChI=1S/C27H29N3O8/c1-29(2)16-9-13(11-5-6-38-10-11)21(31)18-14(16)7-12-8-15-20(30(3)4)23(33)19(26(28)36)25(35)27(15,37)24(34)17(12)22(18)32/h5-6,9-10,12,15,20,31-32,35,37H,7-8H2,1-4H3,(H2,28,36)/t12-,15-,20-,27-/m1/s1. The van der Waals surface area contributed by atoms with Gasteiger partial charge < -0.3 is 35.5 Å². The molecule has 1 saturated carbocycles. The number of aliphatic hydroxyl groups is 3. The van der Waals surface area contributed by atoms with E-state index >= 15 is 0 Å². The monoisotopic (exact) mass is 523 g/mol. The zero-order valence-corrected chi connectivity index (χ0v) is 21.3. The number of furan rings is 1. The number of benzene rings is 1. The number of primary amides is 1. The summed E-state index contributed by atoms with van der Waals surface area (Å²) >= 11 is 0. The molecule has 0 radical (unpaired) electrons. The fourth-order valence-electron chi connectivity index (χ4n) is 6.33. The highest BCUT2D eigenvalue weighted by atomic mass is 16.3. The number of aromatic hydroxyl groups is 1. The number of hydrogen-bond acceptors (Lipinski definition) is 10. The Labute approximate surface area is 218 Å². The highest BCUT2D eigenvalue weighted by Crippen LogP contribution is 2.54. The fourth-order valence-corrected chi connectivity index (χ4v) is 6.33. The van der Waals surface area contributed by atoms with Gasteiger partial charge in [0.1, 0.15) is 22.8 Å². The number of rotatable bonds is 4. The Kier molecular flexibility index (Phi) is 5.69. The van der Waals surface area contributed by atoms with E-state index in [1.165, 1.54) is 17.4 Å². The van der Waals surface area contributed by atoms with Crippen molar-refractivity contribution in [2.24, 2.45) is 17.6 Å². The van der Waals surface area contributed by atoms with E-state index in [-0.39, 0.29) is 29.7 Å². The Morgan fingerprint density at radius 2 is 1.84 bits per heavy atom. The summed E-state index contributed by atoms with van der Waals surface area (Å²) in [5.74, 6) is -6.79. The Morgan fingerprint density at radius 3 is 2.39 bits per heavy atom. The van der Waals surface area contributed by atoms with E-state index in [0.29, 0.717) is 22.4 Å². The highest BCUT2D eigenvalue weighted by molar-refractivity contribution is 6.24. The molecule has 5 rings (SSSR count). The minimum absolute atomic E-state index is 0.0306. The van der Waals surface area contributed by atoms with Crippen LogP contribution in [0.2, 0.25) is 0 Å². The molecule has 0 aliphatic heterocycles. The summed E-state index contributed by atoms with van der Waals surface area (Å²) in [7, 11) is 6.74. The number of fused-ring (bicyclic) bond motifs is 3. The quantitative estimate of drug-likeness (QED) is 0.367. The maximum absolute atomic E-state index is 14.0. The number of amides is 1. The van der Waals surface area contributed by atoms with Crippen LogP contribution in [-0.4, -0.2) is 82.6 Å². The predicted octanol–water partition coefficient (Wildman–Crippen LogP) is 1.29. The van der Waals surface area contributed by atoms with Gasteiger partial charge in [-0.05, 0) is 50.6 Å². The molecule has 1 fully saturated rings. The van der Waals surface area contributed by atoms with Gasteiger partial charge >= 0.3 is 0 Å². The first-order valence-electron chi connectivity index (χ1n) is 12.1. The van der Waals surface area contributed by atoms with Gasteiger partial charge in [0, 0.05) is 42.4 Å². The van der Waals surface area contributed by atoms with Gasteiger partial charge in [0.05, 0.1) is 24.1 Å². The molecule has 2 aromatic rings. The first-order valence-corrected chi connectivity index (χ1v) is 12.1. The molecule has 0 bridgehead atoms. The molecule has 1 heterocycles. The number of carbonyl (C=O) groups is 3. The van der Waals surface area contributed by atoms with Crippen molar-refractivity contribution in [1.29, 1.82) is 0 Å². The number of ketones is 2. The molecule has 0 spiro atoms. The van der Waals surface area contributed by atoms with Gasteiger partial charge in [-0.1, -0.05) is 0 Å². The number of hydrogen-bond donors (Lipinski definition) is 5. The third-order valence-corrected chi connectivity index (χ3v) is 8.01. The number of carbonyl (C=O) groups excluding carboxylic acids is 3. The van der Waals surface area contributed by atoms with Crippen LogP contribution in [0.1, 0.15) is 17.5 Å². The molecule has 3 aliphatic rings. The summed E-state index contributed by atoms with van der Waals surface area (Å²) in [5.41, 5.74) is 3.88. The lowest BCUT2D eigenvalue weighted by Gasteiger charge is -2.50. The van der Waals surface area contributed by atoms with Gasteiger partial charge in [0.15, 0.2) is 11.4 Å². The van der Waals surface area contributed by atoms with Crippen LogP contribution in [0.5, 0.6) is 5.75 Å². The van der Waals surface area contributed by atoms with Crippen LogP contribution in [0.15, 0.2) is 46.0 Å². The summed E-state index contributed by atoms with van der Waals surface area (Å²) in [5, 5.41) is 45.5. The molecule has 0 unspecified atom stereocenters. The van der Waals surface area contributed by atoms with E-state index in [4.69, 9.17) is 10.2 Å². The van der Waals surface area contributed by atoms with Gasteiger partial charge in [-0.2, -0.15) is 0 Å². The molecule has 3 aliphatic carbocycles. The number of Topliss-reactive ketones (excluding diaryl/α,β-unsaturated/α-hetero) is 2. The highest BCUT2D eigenvalue weighted by Gasteiger charge is 2.64.